The Hall–Kier alpha value is -0.950. The van der Waals surface area contributed by atoms with Crippen LogP contribution in [0.3, 0.4) is 0 Å². The van der Waals surface area contributed by atoms with Crippen LogP contribution in [0.25, 0.3) is 0 Å². The zero-order chi connectivity index (χ0) is 9.90. The molecule has 6 nitrogen and oxygen atoms in total. The average molecular weight is 204 g/mol. The highest BCUT2D eigenvalue weighted by Crippen LogP contribution is 2.04. The first-order valence-electron chi connectivity index (χ1n) is 4.00. The Morgan fingerprint density at radius 2 is 2.23 bits per heavy atom. The summed E-state index contributed by atoms with van der Waals surface area (Å²) in [5.74, 6) is 0. The van der Waals surface area contributed by atoms with E-state index in [0.29, 0.717) is 13.1 Å². The summed E-state index contributed by atoms with van der Waals surface area (Å²) in [5, 5.41) is 7.27. The number of nitrogens with zero attached hydrogens (tertiary/aromatic N) is 3. The second-order valence-corrected chi connectivity index (χ2v) is 4.10. The van der Waals surface area contributed by atoms with Crippen LogP contribution in [0.2, 0.25) is 0 Å². The molecule has 1 N–H and O–H groups in total. The number of aromatic nitrogens is 3. The van der Waals surface area contributed by atoms with Crippen molar-refractivity contribution in [3.63, 3.8) is 0 Å². The van der Waals surface area contributed by atoms with E-state index in [2.05, 4.69) is 15.0 Å². The lowest BCUT2D eigenvalue weighted by Gasteiger charge is -2.04. The molecule has 0 unspecified atom stereocenters. The highest BCUT2D eigenvalue weighted by atomic mass is 32.2. The van der Waals surface area contributed by atoms with Crippen LogP contribution in [0.1, 0.15) is 13.8 Å². The largest absolute Gasteiger partial charge is 0.259 e. The van der Waals surface area contributed by atoms with Gasteiger partial charge in [-0.05, 0) is 6.92 Å². The fourth-order valence-corrected chi connectivity index (χ4v) is 2.10. The molecule has 0 aliphatic carbocycles. The van der Waals surface area contributed by atoms with Crippen LogP contribution in [-0.2, 0) is 16.6 Å². The van der Waals surface area contributed by atoms with Crippen molar-refractivity contribution in [1.29, 1.82) is 0 Å². The van der Waals surface area contributed by atoms with Crippen molar-refractivity contribution in [2.75, 3.05) is 6.54 Å². The van der Waals surface area contributed by atoms with E-state index in [1.165, 1.54) is 10.9 Å². The Balaban J connectivity index is 3.07. The van der Waals surface area contributed by atoms with Crippen molar-refractivity contribution in [3.8, 4) is 0 Å². The van der Waals surface area contributed by atoms with Crippen molar-refractivity contribution in [3.05, 3.63) is 6.20 Å². The number of hydrogen-bond acceptors (Lipinski definition) is 4. The molecule has 1 heterocycles. The second-order valence-electron chi connectivity index (χ2n) is 2.39. The molecule has 0 fully saturated rings. The van der Waals surface area contributed by atoms with Gasteiger partial charge in [-0.1, -0.05) is 12.1 Å². The highest BCUT2D eigenvalue weighted by Gasteiger charge is 2.17. The third-order valence-corrected chi connectivity index (χ3v) is 3.03. The molecule has 7 heteroatoms. The van der Waals surface area contributed by atoms with Gasteiger partial charge >= 0.3 is 0 Å². The molecular formula is C6H12N4O2S. The Kier molecular flexibility index (Phi) is 2.99. The number of hydrogen-bond donors (Lipinski definition) is 1. The Morgan fingerprint density at radius 3 is 2.77 bits per heavy atom. The fraction of sp³-hybridized carbons (Fsp3) is 0.667. The van der Waals surface area contributed by atoms with E-state index < -0.39 is 10.0 Å². The van der Waals surface area contributed by atoms with Gasteiger partial charge in [0, 0.05) is 13.1 Å². The number of aryl methyl sites for hydroxylation is 1. The maximum atomic E-state index is 11.5. The van der Waals surface area contributed by atoms with Crippen LogP contribution in [0.15, 0.2) is 11.2 Å². The smallest absolute Gasteiger partial charge is 0.233 e. The SMILES string of the molecule is CCNS(=O)(=O)c1cnnn1CC. The van der Waals surface area contributed by atoms with Gasteiger partial charge in [0.2, 0.25) is 0 Å². The van der Waals surface area contributed by atoms with Crippen LogP contribution in [0.5, 0.6) is 0 Å². The summed E-state index contributed by atoms with van der Waals surface area (Å²) in [6.07, 6.45) is 1.24. The summed E-state index contributed by atoms with van der Waals surface area (Å²) in [4.78, 5) is 0. The highest BCUT2D eigenvalue weighted by molar-refractivity contribution is 7.89. The first-order valence-corrected chi connectivity index (χ1v) is 5.48. The first kappa shape index (κ1) is 10.1. The lowest BCUT2D eigenvalue weighted by molar-refractivity contribution is 0.538. The molecule has 0 aromatic carbocycles. The lowest BCUT2D eigenvalue weighted by atomic mass is 10.7. The van der Waals surface area contributed by atoms with E-state index in [-0.39, 0.29) is 5.03 Å². The van der Waals surface area contributed by atoms with Gasteiger partial charge in [0.25, 0.3) is 10.0 Å². The van der Waals surface area contributed by atoms with E-state index >= 15 is 0 Å². The van der Waals surface area contributed by atoms with Gasteiger partial charge in [-0.15, -0.1) is 5.10 Å². The van der Waals surface area contributed by atoms with Crippen molar-refractivity contribution in [2.24, 2.45) is 0 Å². The summed E-state index contributed by atoms with van der Waals surface area (Å²) in [6, 6.07) is 0. The summed E-state index contributed by atoms with van der Waals surface area (Å²) in [6.45, 7) is 4.37. The average Bonchev–Trinajstić information content (AvgIpc) is 2.51. The van der Waals surface area contributed by atoms with Gasteiger partial charge < -0.3 is 0 Å². The molecule has 0 saturated carbocycles. The van der Waals surface area contributed by atoms with Gasteiger partial charge in [-0.25, -0.2) is 17.8 Å². The molecule has 0 bridgehead atoms. The summed E-state index contributed by atoms with van der Waals surface area (Å²) >= 11 is 0. The van der Waals surface area contributed by atoms with Crippen molar-refractivity contribution >= 4 is 10.0 Å². The maximum Gasteiger partial charge on any atom is 0.259 e. The minimum absolute atomic E-state index is 0.108. The Morgan fingerprint density at radius 1 is 1.54 bits per heavy atom. The van der Waals surface area contributed by atoms with Crippen molar-refractivity contribution in [2.45, 2.75) is 25.4 Å². The van der Waals surface area contributed by atoms with Crippen molar-refractivity contribution in [1.82, 2.24) is 19.7 Å². The zero-order valence-corrected chi connectivity index (χ0v) is 8.37. The zero-order valence-electron chi connectivity index (χ0n) is 7.56. The van der Waals surface area contributed by atoms with E-state index in [0.717, 1.165) is 0 Å². The second kappa shape index (κ2) is 3.84. The van der Waals surface area contributed by atoms with Crippen LogP contribution >= 0.6 is 0 Å². The first-order chi connectivity index (χ1) is 6.11. The normalized spacial score (nSPS) is 11.8. The number of sulfonamides is 1. The van der Waals surface area contributed by atoms with Crippen molar-refractivity contribution < 1.29 is 8.42 Å². The van der Waals surface area contributed by atoms with Crippen LogP contribution < -0.4 is 4.72 Å². The van der Waals surface area contributed by atoms with Crippen LogP contribution in [0, 0.1) is 0 Å². The topological polar surface area (TPSA) is 76.9 Å². The van der Waals surface area contributed by atoms with Gasteiger partial charge in [-0.2, -0.15) is 0 Å². The molecule has 1 aromatic rings. The minimum Gasteiger partial charge on any atom is -0.233 e. The molecule has 0 amide bonds. The van der Waals surface area contributed by atoms with E-state index in [1.807, 2.05) is 0 Å². The Bertz CT molecular complexity index is 370. The minimum atomic E-state index is -3.42. The molecule has 0 spiro atoms. The van der Waals surface area contributed by atoms with Gasteiger partial charge in [-0.3, -0.25) is 0 Å². The molecule has 0 aliphatic heterocycles. The lowest BCUT2D eigenvalue weighted by Crippen LogP contribution is -2.25. The molecule has 0 saturated heterocycles. The quantitative estimate of drug-likeness (QED) is 0.723. The molecular weight excluding hydrogens is 192 g/mol. The molecule has 0 radical (unpaired) electrons. The van der Waals surface area contributed by atoms with E-state index in [4.69, 9.17) is 0 Å². The number of rotatable bonds is 4. The number of nitrogens with one attached hydrogen (secondary N) is 1. The van der Waals surface area contributed by atoms with Crippen LogP contribution in [0.4, 0.5) is 0 Å². The van der Waals surface area contributed by atoms with Gasteiger partial charge in [0.1, 0.15) is 0 Å². The standard InChI is InChI=1S/C6H12N4O2S/c1-3-8-13(11,12)6-5-7-9-10(6)4-2/h5,8H,3-4H2,1-2H3. The van der Waals surface area contributed by atoms with E-state index in [9.17, 15) is 8.42 Å². The summed E-state index contributed by atoms with van der Waals surface area (Å²) in [7, 11) is -3.42. The third-order valence-electron chi connectivity index (χ3n) is 1.49. The molecule has 1 aromatic heterocycles. The molecule has 1 rings (SSSR count). The molecule has 0 atom stereocenters. The third kappa shape index (κ3) is 2.04. The Labute approximate surface area is 77.0 Å². The van der Waals surface area contributed by atoms with Crippen LogP contribution in [-0.4, -0.2) is 30.0 Å². The predicted molar refractivity (Wildman–Crippen MR) is 46.6 cm³/mol. The molecule has 74 valence electrons. The fourth-order valence-electron chi connectivity index (χ4n) is 0.939. The molecule has 13 heavy (non-hydrogen) atoms. The molecule has 0 aliphatic rings. The van der Waals surface area contributed by atoms with E-state index in [1.54, 1.807) is 13.8 Å². The summed E-state index contributed by atoms with van der Waals surface area (Å²) in [5.41, 5.74) is 0. The van der Waals surface area contributed by atoms with Gasteiger partial charge in [0.15, 0.2) is 5.03 Å². The monoisotopic (exact) mass is 204 g/mol. The maximum absolute atomic E-state index is 11.5. The van der Waals surface area contributed by atoms with Gasteiger partial charge in [0.05, 0.1) is 6.20 Å². The predicted octanol–water partition coefficient (Wildman–Crippen LogP) is -0.404. The summed E-state index contributed by atoms with van der Waals surface area (Å²) < 4.78 is 26.6.